The summed E-state index contributed by atoms with van der Waals surface area (Å²) in [6, 6.07) is 25.0. The Hall–Kier alpha value is -3.39. The first kappa shape index (κ1) is 24.7. The highest BCUT2D eigenvalue weighted by Crippen LogP contribution is 2.28. The van der Waals surface area contributed by atoms with Gasteiger partial charge in [0.25, 0.3) is 5.91 Å². The molecule has 1 aromatic heterocycles. The third kappa shape index (κ3) is 6.82. The van der Waals surface area contributed by atoms with Crippen molar-refractivity contribution in [2.24, 2.45) is 5.10 Å². The zero-order valence-corrected chi connectivity index (χ0v) is 21.1. The number of amides is 1. The quantitative estimate of drug-likeness (QED) is 0.166. The first-order chi connectivity index (χ1) is 17.0. The molecular formula is C26H21Cl2N5OS. The Morgan fingerprint density at radius 2 is 1.74 bits per heavy atom. The number of halogens is 2. The minimum Gasteiger partial charge on any atom is -0.272 e. The molecule has 0 bridgehead atoms. The summed E-state index contributed by atoms with van der Waals surface area (Å²) in [5.41, 5.74) is 6.33. The summed E-state index contributed by atoms with van der Waals surface area (Å²) in [5.74, 6) is 0.466. The van der Waals surface area contributed by atoms with Gasteiger partial charge in [-0.25, -0.2) is 5.43 Å². The number of nitrogens with one attached hydrogen (secondary N) is 1. The summed E-state index contributed by atoms with van der Waals surface area (Å²) >= 11 is 13.5. The van der Waals surface area contributed by atoms with Crippen molar-refractivity contribution in [3.63, 3.8) is 0 Å². The largest absolute Gasteiger partial charge is 0.272 e. The van der Waals surface area contributed by atoms with Gasteiger partial charge >= 0.3 is 0 Å². The number of benzene rings is 3. The number of rotatable bonds is 8. The number of carbonyl (C=O) groups excluding carboxylic acids is 1. The molecule has 3 aromatic carbocycles. The van der Waals surface area contributed by atoms with Crippen molar-refractivity contribution in [1.29, 1.82) is 0 Å². The fourth-order valence-electron chi connectivity index (χ4n) is 3.15. The lowest BCUT2D eigenvalue weighted by Gasteiger charge is -2.10. The number of allylic oxidation sites excluding steroid dienone is 1. The molecule has 35 heavy (non-hydrogen) atoms. The van der Waals surface area contributed by atoms with Crippen LogP contribution in [0.2, 0.25) is 5.02 Å². The number of hydrogen-bond acceptors (Lipinski definition) is 5. The van der Waals surface area contributed by atoms with Crippen LogP contribution in [-0.4, -0.2) is 32.6 Å². The van der Waals surface area contributed by atoms with E-state index in [0.717, 1.165) is 22.4 Å². The van der Waals surface area contributed by atoms with Crippen LogP contribution in [0.25, 0.3) is 23.2 Å². The van der Waals surface area contributed by atoms with Gasteiger partial charge in [0.05, 0.1) is 17.0 Å². The van der Waals surface area contributed by atoms with Crippen molar-refractivity contribution in [3.8, 4) is 17.1 Å². The normalized spacial score (nSPS) is 11.7. The average molecular weight is 522 g/mol. The number of carbonyl (C=O) groups is 1. The molecule has 0 radical (unpaired) electrons. The van der Waals surface area contributed by atoms with Gasteiger partial charge in [-0.1, -0.05) is 83.0 Å². The summed E-state index contributed by atoms with van der Waals surface area (Å²) in [6.45, 7) is 2.03. The molecule has 4 aromatic rings. The first-order valence-corrected chi connectivity index (χ1v) is 12.4. The van der Waals surface area contributed by atoms with Crippen molar-refractivity contribution >= 4 is 53.2 Å². The second kappa shape index (κ2) is 11.8. The van der Waals surface area contributed by atoms with E-state index < -0.39 is 0 Å². The van der Waals surface area contributed by atoms with E-state index in [1.807, 2.05) is 78.2 Å². The highest BCUT2D eigenvalue weighted by molar-refractivity contribution is 7.99. The maximum Gasteiger partial charge on any atom is 0.250 e. The molecule has 0 saturated heterocycles. The van der Waals surface area contributed by atoms with Crippen molar-refractivity contribution in [2.75, 3.05) is 5.75 Å². The van der Waals surface area contributed by atoms with Gasteiger partial charge in [-0.3, -0.25) is 9.36 Å². The summed E-state index contributed by atoms with van der Waals surface area (Å²) in [4.78, 5) is 12.4. The van der Waals surface area contributed by atoms with Gasteiger partial charge in [0.1, 0.15) is 0 Å². The molecule has 6 nitrogen and oxygen atoms in total. The first-order valence-electron chi connectivity index (χ1n) is 10.6. The van der Waals surface area contributed by atoms with Crippen LogP contribution in [0.5, 0.6) is 0 Å². The van der Waals surface area contributed by atoms with Crippen LogP contribution >= 0.6 is 35.0 Å². The maximum absolute atomic E-state index is 12.4. The zero-order chi connectivity index (χ0) is 24.6. The second-order valence-corrected chi connectivity index (χ2v) is 9.32. The monoisotopic (exact) mass is 521 g/mol. The fraction of sp³-hybridized carbons (Fsp3) is 0.0769. The van der Waals surface area contributed by atoms with E-state index in [0.29, 0.717) is 21.0 Å². The van der Waals surface area contributed by atoms with Gasteiger partial charge in [0.15, 0.2) is 11.0 Å². The number of hydrazone groups is 1. The number of aryl methyl sites for hydroxylation is 1. The van der Waals surface area contributed by atoms with Crippen molar-refractivity contribution in [1.82, 2.24) is 20.2 Å². The summed E-state index contributed by atoms with van der Waals surface area (Å²) in [5, 5.41) is 14.3. The van der Waals surface area contributed by atoms with Crippen molar-refractivity contribution in [2.45, 2.75) is 12.1 Å². The van der Waals surface area contributed by atoms with E-state index in [9.17, 15) is 4.79 Å². The Morgan fingerprint density at radius 1 is 1.03 bits per heavy atom. The molecule has 4 rings (SSSR count). The van der Waals surface area contributed by atoms with Crippen molar-refractivity contribution in [3.05, 3.63) is 100 Å². The van der Waals surface area contributed by atoms with Crippen LogP contribution in [0, 0.1) is 6.92 Å². The molecular weight excluding hydrogens is 501 g/mol. The lowest BCUT2D eigenvalue weighted by molar-refractivity contribution is -0.118. The van der Waals surface area contributed by atoms with Crippen LogP contribution in [0.4, 0.5) is 0 Å². The predicted molar refractivity (Wildman–Crippen MR) is 144 cm³/mol. The number of thioether (sulfide) groups is 1. The number of hydrogen-bond donors (Lipinski definition) is 1. The molecule has 1 amide bonds. The van der Waals surface area contributed by atoms with E-state index in [-0.39, 0.29) is 11.7 Å². The number of nitrogens with zero attached hydrogens (tertiary/aromatic N) is 4. The third-order valence-corrected chi connectivity index (χ3v) is 6.23. The Morgan fingerprint density at radius 3 is 2.46 bits per heavy atom. The van der Waals surface area contributed by atoms with Crippen LogP contribution < -0.4 is 5.43 Å². The minimum atomic E-state index is -0.290. The van der Waals surface area contributed by atoms with E-state index in [1.54, 1.807) is 18.2 Å². The second-order valence-electron chi connectivity index (χ2n) is 7.51. The van der Waals surface area contributed by atoms with Gasteiger partial charge in [0.2, 0.25) is 0 Å². The zero-order valence-electron chi connectivity index (χ0n) is 18.7. The van der Waals surface area contributed by atoms with Gasteiger partial charge in [-0.2, -0.15) is 5.10 Å². The molecule has 9 heteroatoms. The molecule has 176 valence electrons. The van der Waals surface area contributed by atoms with Crippen LogP contribution in [0.1, 0.15) is 11.1 Å². The van der Waals surface area contributed by atoms with Crippen LogP contribution in [0.15, 0.2) is 94.2 Å². The molecule has 0 atom stereocenters. The Kier molecular flexibility index (Phi) is 8.36. The fourth-order valence-corrected chi connectivity index (χ4v) is 4.20. The molecule has 0 aliphatic heterocycles. The van der Waals surface area contributed by atoms with E-state index >= 15 is 0 Å². The minimum absolute atomic E-state index is 0.0992. The number of aromatic nitrogens is 3. The van der Waals surface area contributed by atoms with Crippen LogP contribution in [0.3, 0.4) is 0 Å². The standard InChI is InChI=1S/C26H21Cl2N5OS/c1-18-7-13-23(14-8-18)33-25(20-9-11-21(27)12-10-20)31-32-26(33)35-17-24(34)30-29-16-22(28)15-19-5-3-2-4-6-19/h2-16H,17H2,1H3,(H,30,34)/b22-15-,29-16+. The highest BCUT2D eigenvalue weighted by Gasteiger charge is 2.17. The topological polar surface area (TPSA) is 72.2 Å². The maximum atomic E-state index is 12.4. The van der Waals surface area contributed by atoms with E-state index in [4.69, 9.17) is 23.2 Å². The average Bonchev–Trinajstić information content (AvgIpc) is 3.28. The van der Waals surface area contributed by atoms with Crippen LogP contribution in [-0.2, 0) is 4.79 Å². The lowest BCUT2D eigenvalue weighted by atomic mass is 10.2. The molecule has 0 unspecified atom stereocenters. The Balaban J connectivity index is 1.47. The predicted octanol–water partition coefficient (Wildman–Crippen LogP) is 6.37. The molecule has 0 aliphatic rings. The molecule has 0 aliphatic carbocycles. The Labute approximate surface area is 217 Å². The van der Waals surface area contributed by atoms with Gasteiger partial charge in [-0.05, 0) is 55.0 Å². The lowest BCUT2D eigenvalue weighted by Crippen LogP contribution is -2.19. The Bertz CT molecular complexity index is 1350. The van der Waals surface area contributed by atoms with Crippen molar-refractivity contribution < 1.29 is 4.79 Å². The molecule has 0 spiro atoms. The van der Waals surface area contributed by atoms with Gasteiger partial charge < -0.3 is 0 Å². The third-order valence-electron chi connectivity index (χ3n) is 4.84. The highest BCUT2D eigenvalue weighted by atomic mass is 35.5. The summed E-state index contributed by atoms with van der Waals surface area (Å²) < 4.78 is 1.92. The van der Waals surface area contributed by atoms with Gasteiger partial charge in [-0.15, -0.1) is 10.2 Å². The molecule has 1 N–H and O–H groups in total. The smallest absolute Gasteiger partial charge is 0.250 e. The van der Waals surface area contributed by atoms with Gasteiger partial charge in [0, 0.05) is 16.3 Å². The van der Waals surface area contributed by atoms with E-state index in [2.05, 4.69) is 20.7 Å². The molecule has 0 saturated carbocycles. The molecule has 1 heterocycles. The SMILES string of the molecule is Cc1ccc(-n2c(SCC(=O)N/N=C/C(Cl)=C/c3ccccc3)nnc2-c2ccc(Cl)cc2)cc1. The summed E-state index contributed by atoms with van der Waals surface area (Å²) in [6.07, 6.45) is 3.15. The van der Waals surface area contributed by atoms with E-state index in [1.165, 1.54) is 18.0 Å². The molecule has 0 fully saturated rings. The summed E-state index contributed by atoms with van der Waals surface area (Å²) in [7, 11) is 0.